The molecular formula is C18H20ClF3N4OS. The molecule has 152 valence electrons. The van der Waals surface area contributed by atoms with Crippen molar-refractivity contribution < 1.29 is 13.2 Å². The third-order valence-corrected chi connectivity index (χ3v) is 6.33. The van der Waals surface area contributed by atoms with E-state index in [1.165, 1.54) is 12.6 Å². The van der Waals surface area contributed by atoms with Crippen molar-refractivity contribution in [3.05, 3.63) is 45.5 Å². The minimum absolute atomic E-state index is 0.0245. The van der Waals surface area contributed by atoms with E-state index in [2.05, 4.69) is 22.3 Å². The first-order valence-corrected chi connectivity index (χ1v) is 10.4. The van der Waals surface area contributed by atoms with E-state index in [0.29, 0.717) is 17.1 Å². The Hall–Kier alpha value is -1.74. The monoisotopic (exact) mass is 432 g/mol. The van der Waals surface area contributed by atoms with Gasteiger partial charge in [0.1, 0.15) is 5.02 Å². The van der Waals surface area contributed by atoms with Gasteiger partial charge in [-0.05, 0) is 30.7 Å². The molecule has 0 amide bonds. The molecule has 1 N–H and O–H groups in total. The lowest BCUT2D eigenvalue weighted by atomic mass is 9.95. The van der Waals surface area contributed by atoms with Crippen LogP contribution in [0.4, 0.5) is 18.9 Å². The maximum absolute atomic E-state index is 12.7. The zero-order valence-corrected chi connectivity index (χ0v) is 16.7. The van der Waals surface area contributed by atoms with Gasteiger partial charge in [0.05, 0.1) is 17.4 Å². The highest BCUT2D eigenvalue weighted by atomic mass is 35.5. The van der Waals surface area contributed by atoms with Crippen LogP contribution in [-0.4, -0.2) is 31.8 Å². The predicted octanol–water partition coefficient (Wildman–Crippen LogP) is 4.78. The van der Waals surface area contributed by atoms with Crippen LogP contribution >= 0.6 is 23.4 Å². The van der Waals surface area contributed by atoms with Crippen LogP contribution in [0.1, 0.15) is 38.2 Å². The molecule has 2 atom stereocenters. The Morgan fingerprint density at radius 2 is 2.04 bits per heavy atom. The first-order valence-electron chi connectivity index (χ1n) is 9.01. The van der Waals surface area contributed by atoms with Gasteiger partial charge >= 0.3 is 6.18 Å². The van der Waals surface area contributed by atoms with Crippen LogP contribution in [0.3, 0.4) is 0 Å². The van der Waals surface area contributed by atoms with Crippen molar-refractivity contribution in [2.75, 3.05) is 11.1 Å². The molecule has 2 aromatic heterocycles. The Labute approximate surface area is 169 Å². The highest BCUT2D eigenvalue weighted by Crippen LogP contribution is 2.32. The minimum atomic E-state index is -4.50. The van der Waals surface area contributed by atoms with E-state index >= 15 is 0 Å². The predicted molar refractivity (Wildman–Crippen MR) is 105 cm³/mol. The molecule has 28 heavy (non-hydrogen) atoms. The number of nitrogens with zero attached hydrogens (tertiary/aromatic N) is 3. The summed E-state index contributed by atoms with van der Waals surface area (Å²) in [6.45, 7) is 2.11. The zero-order chi connectivity index (χ0) is 20.3. The molecule has 3 rings (SSSR count). The molecule has 2 aromatic rings. The third kappa shape index (κ3) is 4.63. The van der Waals surface area contributed by atoms with E-state index in [0.717, 1.165) is 41.8 Å². The quantitative estimate of drug-likeness (QED) is 0.737. The van der Waals surface area contributed by atoms with Gasteiger partial charge in [-0.2, -0.15) is 34.7 Å². The van der Waals surface area contributed by atoms with Crippen LogP contribution < -0.4 is 10.9 Å². The van der Waals surface area contributed by atoms with E-state index < -0.39 is 17.3 Å². The summed E-state index contributed by atoms with van der Waals surface area (Å²) in [6.07, 6.45) is 1.97. The first kappa shape index (κ1) is 21.0. The van der Waals surface area contributed by atoms with Crippen LogP contribution in [0.2, 0.25) is 5.02 Å². The molecule has 0 spiro atoms. The standard InChI is InChI=1S/C18H20ClF3N4OS/c1-2-28-14-6-4-3-5-12(14)25-13-10-24-26(17(27)16(13)19)15-8-7-11(9-23-15)18(20,21)22/h7-10,12,14,25H,2-6H2,1H3/t12-,14-/m0/s1. The number of nitrogens with one attached hydrogen (secondary N) is 1. The van der Waals surface area contributed by atoms with Crippen LogP contribution in [-0.2, 0) is 6.18 Å². The molecule has 0 unspecified atom stereocenters. The number of rotatable bonds is 5. The number of halogens is 4. The lowest BCUT2D eigenvalue weighted by Gasteiger charge is -2.32. The van der Waals surface area contributed by atoms with Crippen LogP contribution in [0.25, 0.3) is 5.82 Å². The second-order valence-corrected chi connectivity index (χ2v) is 8.42. The topological polar surface area (TPSA) is 59.8 Å². The second kappa shape index (κ2) is 8.73. The van der Waals surface area contributed by atoms with Gasteiger partial charge < -0.3 is 5.32 Å². The molecule has 0 bridgehead atoms. The van der Waals surface area contributed by atoms with E-state index in [-0.39, 0.29) is 16.9 Å². The van der Waals surface area contributed by atoms with Crippen LogP contribution in [0, 0.1) is 0 Å². The summed E-state index contributed by atoms with van der Waals surface area (Å²) in [7, 11) is 0. The summed E-state index contributed by atoms with van der Waals surface area (Å²) < 4.78 is 38.9. The van der Waals surface area contributed by atoms with Crippen molar-refractivity contribution in [3.63, 3.8) is 0 Å². The van der Waals surface area contributed by atoms with Gasteiger partial charge in [-0.25, -0.2) is 4.98 Å². The van der Waals surface area contributed by atoms with Crippen molar-refractivity contribution in [1.29, 1.82) is 0 Å². The van der Waals surface area contributed by atoms with Gasteiger partial charge in [-0.3, -0.25) is 4.79 Å². The highest BCUT2D eigenvalue weighted by Gasteiger charge is 2.31. The molecular weight excluding hydrogens is 413 g/mol. The summed E-state index contributed by atoms with van der Waals surface area (Å²) in [5.74, 6) is 0.985. The SMILES string of the molecule is CCS[C@H]1CCCC[C@@H]1Nc1cnn(-c2ccc(C(F)(F)F)cn2)c(=O)c1Cl. The molecule has 2 heterocycles. The lowest BCUT2D eigenvalue weighted by Crippen LogP contribution is -2.35. The molecule has 1 aliphatic rings. The zero-order valence-electron chi connectivity index (χ0n) is 15.2. The summed E-state index contributed by atoms with van der Waals surface area (Å²) >= 11 is 8.13. The average Bonchev–Trinajstić information content (AvgIpc) is 2.67. The Kier molecular flexibility index (Phi) is 6.54. The van der Waals surface area contributed by atoms with Crippen molar-refractivity contribution in [1.82, 2.24) is 14.8 Å². The molecule has 5 nitrogen and oxygen atoms in total. The Morgan fingerprint density at radius 1 is 1.29 bits per heavy atom. The highest BCUT2D eigenvalue weighted by molar-refractivity contribution is 7.99. The summed E-state index contributed by atoms with van der Waals surface area (Å²) in [5, 5.41) is 7.76. The summed E-state index contributed by atoms with van der Waals surface area (Å²) in [5.41, 5.74) is -1.09. The molecule has 0 aliphatic heterocycles. The van der Waals surface area contributed by atoms with Gasteiger partial charge in [0.2, 0.25) is 0 Å². The summed E-state index contributed by atoms with van der Waals surface area (Å²) in [4.78, 5) is 16.3. The van der Waals surface area contributed by atoms with E-state index in [1.807, 2.05) is 11.8 Å². The second-order valence-electron chi connectivity index (χ2n) is 6.52. The number of hydrogen-bond donors (Lipinski definition) is 1. The fraction of sp³-hybridized carbons (Fsp3) is 0.500. The van der Waals surface area contributed by atoms with Gasteiger partial charge in [-0.15, -0.1) is 0 Å². The van der Waals surface area contributed by atoms with Crippen molar-refractivity contribution in [2.24, 2.45) is 0 Å². The lowest BCUT2D eigenvalue weighted by molar-refractivity contribution is -0.137. The van der Waals surface area contributed by atoms with Crippen molar-refractivity contribution in [2.45, 2.75) is 50.1 Å². The number of anilines is 1. The fourth-order valence-electron chi connectivity index (χ4n) is 3.25. The Morgan fingerprint density at radius 3 is 2.68 bits per heavy atom. The van der Waals surface area contributed by atoms with E-state index in [4.69, 9.17) is 11.6 Å². The number of aromatic nitrogens is 3. The Bertz CT molecular complexity index is 871. The number of hydrogen-bond acceptors (Lipinski definition) is 5. The summed E-state index contributed by atoms with van der Waals surface area (Å²) in [6, 6.07) is 2.14. The number of alkyl halides is 3. The van der Waals surface area contributed by atoms with Crippen molar-refractivity contribution >= 4 is 29.1 Å². The number of pyridine rings is 1. The van der Waals surface area contributed by atoms with E-state index in [1.54, 1.807) is 0 Å². The van der Waals surface area contributed by atoms with Gasteiger partial charge in [0.15, 0.2) is 5.82 Å². The maximum Gasteiger partial charge on any atom is 0.417 e. The largest absolute Gasteiger partial charge is 0.417 e. The van der Waals surface area contributed by atoms with Gasteiger partial charge in [-0.1, -0.05) is 31.4 Å². The van der Waals surface area contributed by atoms with Gasteiger partial charge in [0.25, 0.3) is 5.56 Å². The van der Waals surface area contributed by atoms with Crippen LogP contribution in [0.15, 0.2) is 29.3 Å². The first-order chi connectivity index (χ1) is 13.3. The number of thioether (sulfide) groups is 1. The third-order valence-electron chi connectivity index (χ3n) is 4.64. The minimum Gasteiger partial charge on any atom is -0.379 e. The van der Waals surface area contributed by atoms with Crippen LogP contribution in [0.5, 0.6) is 0 Å². The average molecular weight is 433 g/mol. The molecule has 0 radical (unpaired) electrons. The van der Waals surface area contributed by atoms with E-state index in [9.17, 15) is 18.0 Å². The van der Waals surface area contributed by atoms with Crippen molar-refractivity contribution in [3.8, 4) is 5.82 Å². The molecule has 1 saturated carbocycles. The molecule has 0 saturated heterocycles. The molecule has 10 heteroatoms. The Balaban J connectivity index is 1.84. The maximum atomic E-state index is 12.7. The molecule has 1 aliphatic carbocycles. The fourth-order valence-corrected chi connectivity index (χ4v) is 4.63. The molecule has 1 fully saturated rings. The smallest absolute Gasteiger partial charge is 0.379 e. The normalized spacial score (nSPS) is 20.2. The molecule has 0 aromatic carbocycles. The van der Waals surface area contributed by atoms with Gasteiger partial charge in [0, 0.05) is 17.5 Å².